The summed E-state index contributed by atoms with van der Waals surface area (Å²) in [6.45, 7) is 0. The van der Waals surface area contributed by atoms with Crippen LogP contribution in [0.1, 0.15) is 0 Å². The molecule has 294 valence electrons. The van der Waals surface area contributed by atoms with E-state index in [0.717, 1.165) is 61.4 Å². The molecule has 3 heteroatoms. The highest BCUT2D eigenvalue weighted by Crippen LogP contribution is 2.49. The predicted octanol–water partition coefficient (Wildman–Crippen LogP) is 16.9. The van der Waals surface area contributed by atoms with Crippen molar-refractivity contribution in [2.24, 2.45) is 0 Å². The Kier molecular flexibility index (Phi) is 7.91. The van der Waals surface area contributed by atoms with Crippen molar-refractivity contribution in [2.75, 3.05) is 4.90 Å². The minimum absolute atomic E-state index is 0.864. The molecule has 0 radical (unpaired) electrons. The Hall–Kier alpha value is -8.40. The number of rotatable bonds is 6. The summed E-state index contributed by atoms with van der Waals surface area (Å²) >= 11 is 0. The third-order valence-corrected chi connectivity index (χ3v) is 13.0. The quantitative estimate of drug-likeness (QED) is 0.156. The highest BCUT2D eigenvalue weighted by molar-refractivity contribution is 6.21. The third-order valence-electron chi connectivity index (χ3n) is 13.0. The summed E-state index contributed by atoms with van der Waals surface area (Å²) in [6.07, 6.45) is 0. The summed E-state index contributed by atoms with van der Waals surface area (Å²) < 4.78 is 9.34. The Balaban J connectivity index is 1.06. The van der Waals surface area contributed by atoms with Crippen LogP contribution in [0.5, 0.6) is 0 Å². The molecule has 0 aliphatic rings. The Labute approximate surface area is 363 Å². The smallest absolute Gasteiger partial charge is 0.145 e. The molecule has 0 aliphatic carbocycles. The summed E-state index contributed by atoms with van der Waals surface area (Å²) in [5, 5.41) is 11.9. The average molecular weight is 803 g/mol. The van der Waals surface area contributed by atoms with Gasteiger partial charge in [0.05, 0.1) is 27.8 Å². The van der Waals surface area contributed by atoms with Crippen LogP contribution in [-0.2, 0) is 0 Å². The van der Waals surface area contributed by atoms with Gasteiger partial charge < -0.3 is 13.9 Å². The Morgan fingerprint density at radius 3 is 1.83 bits per heavy atom. The number of furan rings is 1. The summed E-state index contributed by atoms with van der Waals surface area (Å²) in [5.74, 6) is 0. The molecule has 0 bridgehead atoms. The minimum Gasteiger partial charge on any atom is -0.455 e. The van der Waals surface area contributed by atoms with E-state index < -0.39 is 0 Å². The van der Waals surface area contributed by atoms with Gasteiger partial charge in [-0.3, -0.25) is 0 Å². The maximum atomic E-state index is 6.95. The van der Waals surface area contributed by atoms with Crippen LogP contribution in [-0.4, -0.2) is 4.57 Å². The first-order valence-electron chi connectivity index (χ1n) is 21.6. The predicted molar refractivity (Wildman–Crippen MR) is 266 cm³/mol. The van der Waals surface area contributed by atoms with Crippen LogP contribution < -0.4 is 4.90 Å². The van der Waals surface area contributed by atoms with Crippen molar-refractivity contribution in [3.05, 3.63) is 231 Å². The molecule has 0 atom stereocenters. The van der Waals surface area contributed by atoms with Crippen molar-refractivity contribution in [2.45, 2.75) is 0 Å². The fraction of sp³-hybridized carbons (Fsp3) is 0. The molecule has 0 N–H and O–H groups in total. The zero-order valence-corrected chi connectivity index (χ0v) is 34.2. The third kappa shape index (κ3) is 5.46. The summed E-state index contributed by atoms with van der Waals surface area (Å²) in [7, 11) is 0. The van der Waals surface area contributed by atoms with Gasteiger partial charge in [-0.15, -0.1) is 0 Å². The maximum Gasteiger partial charge on any atom is 0.145 e. The molecule has 3 nitrogen and oxygen atoms in total. The summed E-state index contributed by atoms with van der Waals surface area (Å²) in [6, 6.07) is 83.4. The fourth-order valence-electron chi connectivity index (χ4n) is 10.2. The SMILES string of the molecule is c1ccc(-n2c3ccccc3c3c(-c4ccc(N(c5cccc6c5ccc5ccccc56)c5ccc(-c6cccc7ccccc67)c6oc7ccccc7c56)cc4)cccc32)cc1. The van der Waals surface area contributed by atoms with Crippen LogP contribution in [0.3, 0.4) is 0 Å². The van der Waals surface area contributed by atoms with Gasteiger partial charge in [-0.05, 0) is 104 Å². The van der Waals surface area contributed by atoms with E-state index in [1.165, 1.54) is 59.7 Å². The van der Waals surface area contributed by atoms with Crippen molar-refractivity contribution < 1.29 is 4.42 Å². The van der Waals surface area contributed by atoms with Gasteiger partial charge >= 0.3 is 0 Å². The molecule has 0 saturated heterocycles. The molecule has 13 rings (SSSR count). The van der Waals surface area contributed by atoms with Crippen LogP contribution >= 0.6 is 0 Å². The number of aromatic nitrogens is 1. The van der Waals surface area contributed by atoms with Gasteiger partial charge in [0.2, 0.25) is 0 Å². The van der Waals surface area contributed by atoms with E-state index in [1.54, 1.807) is 0 Å². The molecule has 2 heterocycles. The maximum absolute atomic E-state index is 6.95. The molecule has 0 spiro atoms. The van der Waals surface area contributed by atoms with Gasteiger partial charge in [0.15, 0.2) is 0 Å². The molecule has 63 heavy (non-hydrogen) atoms. The second kappa shape index (κ2) is 14.1. The van der Waals surface area contributed by atoms with Crippen LogP contribution in [0.2, 0.25) is 0 Å². The lowest BCUT2D eigenvalue weighted by molar-refractivity contribution is 0.670. The van der Waals surface area contributed by atoms with Gasteiger partial charge in [0.1, 0.15) is 11.2 Å². The number of anilines is 3. The molecule has 0 aliphatic heterocycles. The lowest BCUT2D eigenvalue weighted by Gasteiger charge is -2.28. The van der Waals surface area contributed by atoms with Crippen LogP contribution in [0, 0.1) is 0 Å². The average Bonchev–Trinajstić information content (AvgIpc) is 3.91. The van der Waals surface area contributed by atoms with Gasteiger partial charge in [-0.2, -0.15) is 0 Å². The Morgan fingerprint density at radius 2 is 0.968 bits per heavy atom. The first-order valence-corrected chi connectivity index (χ1v) is 21.6. The molecule has 2 aromatic heterocycles. The largest absolute Gasteiger partial charge is 0.455 e. The number of fused-ring (bicyclic) bond motifs is 10. The van der Waals surface area contributed by atoms with Gasteiger partial charge in [0, 0.05) is 38.5 Å². The number of para-hydroxylation sites is 3. The van der Waals surface area contributed by atoms with E-state index in [1.807, 2.05) is 0 Å². The van der Waals surface area contributed by atoms with E-state index in [2.05, 4.69) is 240 Å². The van der Waals surface area contributed by atoms with Crippen molar-refractivity contribution >= 4 is 93.1 Å². The zero-order valence-electron chi connectivity index (χ0n) is 34.2. The van der Waals surface area contributed by atoms with Crippen LogP contribution in [0.25, 0.3) is 104 Å². The van der Waals surface area contributed by atoms with Gasteiger partial charge in [-0.25, -0.2) is 0 Å². The molecule has 0 saturated carbocycles. The monoisotopic (exact) mass is 802 g/mol. The van der Waals surface area contributed by atoms with Gasteiger partial charge in [-0.1, -0.05) is 170 Å². The zero-order chi connectivity index (χ0) is 41.4. The molecule has 0 unspecified atom stereocenters. The van der Waals surface area contributed by atoms with Crippen molar-refractivity contribution in [1.82, 2.24) is 4.57 Å². The van der Waals surface area contributed by atoms with Crippen LogP contribution in [0.15, 0.2) is 235 Å². The number of hydrogen-bond donors (Lipinski definition) is 0. The van der Waals surface area contributed by atoms with E-state index in [0.29, 0.717) is 0 Å². The highest BCUT2D eigenvalue weighted by atomic mass is 16.3. The van der Waals surface area contributed by atoms with E-state index in [4.69, 9.17) is 4.42 Å². The van der Waals surface area contributed by atoms with Crippen molar-refractivity contribution in [1.29, 1.82) is 0 Å². The molecule has 13 aromatic rings. The molecule has 0 fully saturated rings. The number of benzene rings is 11. The molecular formula is C60H38N2O. The van der Waals surface area contributed by atoms with Crippen LogP contribution in [0.4, 0.5) is 17.1 Å². The molecular weight excluding hydrogens is 765 g/mol. The van der Waals surface area contributed by atoms with Crippen molar-refractivity contribution in [3.63, 3.8) is 0 Å². The van der Waals surface area contributed by atoms with E-state index in [9.17, 15) is 0 Å². The highest BCUT2D eigenvalue weighted by Gasteiger charge is 2.25. The normalized spacial score (nSPS) is 11.8. The first-order chi connectivity index (χ1) is 31.3. The fourth-order valence-corrected chi connectivity index (χ4v) is 10.2. The lowest BCUT2D eigenvalue weighted by atomic mass is 9.95. The Bertz CT molecular complexity index is 3910. The van der Waals surface area contributed by atoms with E-state index >= 15 is 0 Å². The topological polar surface area (TPSA) is 21.3 Å². The summed E-state index contributed by atoms with van der Waals surface area (Å²) in [5.41, 5.74) is 13.1. The van der Waals surface area contributed by atoms with Crippen molar-refractivity contribution in [3.8, 4) is 27.9 Å². The number of hydrogen-bond acceptors (Lipinski definition) is 2. The minimum atomic E-state index is 0.864. The second-order valence-corrected chi connectivity index (χ2v) is 16.4. The molecule has 0 amide bonds. The summed E-state index contributed by atoms with van der Waals surface area (Å²) in [4.78, 5) is 2.44. The molecule has 11 aromatic carbocycles. The Morgan fingerprint density at radius 1 is 0.333 bits per heavy atom. The van der Waals surface area contributed by atoms with E-state index in [-0.39, 0.29) is 0 Å². The number of nitrogens with zero attached hydrogens (tertiary/aromatic N) is 2. The second-order valence-electron chi connectivity index (χ2n) is 16.4. The lowest BCUT2D eigenvalue weighted by Crippen LogP contribution is -2.11. The first kappa shape index (κ1) is 35.4. The standard InChI is InChI=1S/C60H38N2O/c1-2-18-42(19-3-1)61-54-27-10-8-22-51(54)58-46(24-13-29-55(58)61)41-31-34-43(35-32-41)62(53-28-14-26-47-45-21-7-5-16-40(45)33-36-49(47)53)56-38-37-50(48-25-12-17-39-15-4-6-20-44(39)48)60-59(56)52-23-9-11-30-57(52)63-60/h1-38H. The van der Waals surface area contributed by atoms with Gasteiger partial charge in [0.25, 0.3) is 0 Å².